The van der Waals surface area contributed by atoms with Crippen molar-refractivity contribution in [3.63, 3.8) is 0 Å². The number of hydrogen-bond acceptors (Lipinski definition) is 3. The molecular formula is C11H14Br2N2O2S. The quantitative estimate of drug-likeness (QED) is 0.797. The summed E-state index contributed by atoms with van der Waals surface area (Å²) < 4.78 is 27.7. The van der Waals surface area contributed by atoms with Gasteiger partial charge in [0, 0.05) is 22.0 Å². The fourth-order valence-corrected chi connectivity index (χ4v) is 5.37. The summed E-state index contributed by atoms with van der Waals surface area (Å²) in [6.07, 6.45) is 2.93. The van der Waals surface area contributed by atoms with E-state index in [4.69, 9.17) is 5.73 Å². The zero-order valence-electron chi connectivity index (χ0n) is 9.86. The highest BCUT2D eigenvalue weighted by Gasteiger charge is 2.34. The first-order valence-electron chi connectivity index (χ1n) is 5.56. The Balaban J connectivity index is 2.47. The van der Waals surface area contributed by atoms with Crippen molar-refractivity contribution in [2.45, 2.75) is 30.2 Å². The van der Waals surface area contributed by atoms with Crippen LogP contribution in [0.5, 0.6) is 0 Å². The van der Waals surface area contributed by atoms with Crippen LogP contribution in [-0.4, -0.2) is 25.8 Å². The molecule has 0 aromatic heterocycles. The van der Waals surface area contributed by atoms with Crippen molar-refractivity contribution >= 4 is 47.6 Å². The van der Waals surface area contributed by atoms with Crippen LogP contribution in [0.1, 0.15) is 19.3 Å². The molecule has 0 amide bonds. The maximum atomic E-state index is 12.5. The highest BCUT2D eigenvalue weighted by molar-refractivity contribution is 9.11. The molecule has 0 aliphatic heterocycles. The number of benzene rings is 1. The average molecular weight is 398 g/mol. The van der Waals surface area contributed by atoms with Gasteiger partial charge in [0.25, 0.3) is 0 Å². The van der Waals surface area contributed by atoms with Gasteiger partial charge in [-0.1, -0.05) is 22.4 Å². The van der Waals surface area contributed by atoms with Gasteiger partial charge in [-0.05, 0) is 40.9 Å². The maximum absolute atomic E-state index is 12.5. The maximum Gasteiger partial charge on any atom is 0.246 e. The predicted octanol–water partition coefficient (Wildman–Crippen LogP) is 2.97. The standard InChI is InChI=1S/C11H14Br2N2O2S/c1-15(8-3-2-4-8)18(16,17)11-9(13)5-7(12)6-10(11)14/h5-6,8H,2-4,14H2,1H3. The third kappa shape index (κ3) is 2.45. The lowest BCUT2D eigenvalue weighted by atomic mass is 9.94. The van der Waals surface area contributed by atoms with Crippen LogP contribution < -0.4 is 5.73 Å². The van der Waals surface area contributed by atoms with E-state index in [0.29, 0.717) is 4.47 Å². The number of nitrogens with zero attached hydrogens (tertiary/aromatic N) is 1. The third-order valence-corrected chi connectivity index (χ3v) is 6.64. The van der Waals surface area contributed by atoms with Gasteiger partial charge in [0.05, 0.1) is 5.69 Å². The average Bonchev–Trinajstić information content (AvgIpc) is 2.11. The summed E-state index contributed by atoms with van der Waals surface area (Å²) in [6.45, 7) is 0. The summed E-state index contributed by atoms with van der Waals surface area (Å²) in [5.41, 5.74) is 6.09. The second-order valence-corrected chi connectivity index (χ2v) is 8.12. The summed E-state index contributed by atoms with van der Waals surface area (Å²) in [7, 11) is -1.92. The van der Waals surface area contributed by atoms with E-state index in [0.717, 1.165) is 23.7 Å². The van der Waals surface area contributed by atoms with Gasteiger partial charge in [-0.25, -0.2) is 8.42 Å². The van der Waals surface area contributed by atoms with Gasteiger partial charge in [-0.15, -0.1) is 0 Å². The number of anilines is 1. The molecule has 0 heterocycles. The fourth-order valence-electron chi connectivity index (χ4n) is 1.94. The number of nitrogen functional groups attached to an aromatic ring is 1. The Morgan fingerprint density at radius 2 is 1.94 bits per heavy atom. The zero-order chi connectivity index (χ0) is 13.5. The number of sulfonamides is 1. The van der Waals surface area contributed by atoms with Crippen LogP contribution in [-0.2, 0) is 10.0 Å². The molecule has 0 atom stereocenters. The molecule has 100 valence electrons. The minimum absolute atomic E-state index is 0.102. The molecule has 1 aliphatic carbocycles. The number of halogens is 2. The van der Waals surface area contributed by atoms with Crippen molar-refractivity contribution < 1.29 is 8.42 Å². The van der Waals surface area contributed by atoms with Crippen LogP contribution in [0.25, 0.3) is 0 Å². The molecule has 4 nitrogen and oxygen atoms in total. The predicted molar refractivity (Wildman–Crippen MR) is 78.8 cm³/mol. The van der Waals surface area contributed by atoms with Gasteiger partial charge in [-0.2, -0.15) is 4.31 Å². The van der Waals surface area contributed by atoms with E-state index in [-0.39, 0.29) is 16.6 Å². The Kier molecular flexibility index (Phi) is 4.06. The summed E-state index contributed by atoms with van der Waals surface area (Å²) in [5, 5.41) is 0. The Morgan fingerprint density at radius 3 is 2.39 bits per heavy atom. The van der Waals surface area contributed by atoms with Crippen molar-refractivity contribution in [2.75, 3.05) is 12.8 Å². The normalized spacial score (nSPS) is 16.9. The lowest BCUT2D eigenvalue weighted by Crippen LogP contribution is -2.41. The Labute approximate surface area is 124 Å². The first-order chi connectivity index (χ1) is 8.34. The highest BCUT2D eigenvalue weighted by atomic mass is 79.9. The first-order valence-corrected chi connectivity index (χ1v) is 8.59. The van der Waals surface area contributed by atoms with Crippen LogP contribution in [0.3, 0.4) is 0 Å². The van der Waals surface area contributed by atoms with E-state index in [2.05, 4.69) is 31.9 Å². The molecule has 2 N–H and O–H groups in total. The Morgan fingerprint density at radius 1 is 1.33 bits per heavy atom. The molecule has 7 heteroatoms. The van der Waals surface area contributed by atoms with Gasteiger partial charge in [0.2, 0.25) is 10.0 Å². The molecule has 0 radical (unpaired) electrons. The molecule has 1 fully saturated rings. The van der Waals surface area contributed by atoms with E-state index < -0.39 is 10.0 Å². The van der Waals surface area contributed by atoms with Crippen molar-refractivity contribution in [2.24, 2.45) is 0 Å². The van der Waals surface area contributed by atoms with Gasteiger partial charge < -0.3 is 5.73 Å². The molecule has 2 rings (SSSR count). The van der Waals surface area contributed by atoms with E-state index in [1.807, 2.05) is 0 Å². The van der Waals surface area contributed by atoms with Crippen LogP contribution in [0.2, 0.25) is 0 Å². The topological polar surface area (TPSA) is 63.4 Å². The first kappa shape index (κ1) is 14.3. The second-order valence-electron chi connectivity index (χ2n) is 4.41. The molecule has 1 aromatic rings. The molecule has 0 unspecified atom stereocenters. The molecule has 0 saturated heterocycles. The van der Waals surface area contributed by atoms with E-state index >= 15 is 0 Å². The van der Waals surface area contributed by atoms with Crippen molar-refractivity contribution in [3.05, 3.63) is 21.1 Å². The van der Waals surface area contributed by atoms with Crippen molar-refractivity contribution in [1.82, 2.24) is 4.31 Å². The Bertz CT molecular complexity index is 547. The van der Waals surface area contributed by atoms with E-state index in [9.17, 15) is 8.42 Å². The molecule has 1 aromatic carbocycles. The molecule has 18 heavy (non-hydrogen) atoms. The van der Waals surface area contributed by atoms with Crippen molar-refractivity contribution in [3.8, 4) is 0 Å². The van der Waals surface area contributed by atoms with Crippen LogP contribution >= 0.6 is 31.9 Å². The Hall–Kier alpha value is -0.110. The van der Waals surface area contributed by atoms with E-state index in [1.165, 1.54) is 4.31 Å². The molecule has 0 bridgehead atoms. The summed E-state index contributed by atoms with van der Waals surface area (Å²) in [6, 6.07) is 3.40. The summed E-state index contributed by atoms with van der Waals surface area (Å²) in [4.78, 5) is 0.153. The van der Waals surface area contributed by atoms with Crippen molar-refractivity contribution in [1.29, 1.82) is 0 Å². The van der Waals surface area contributed by atoms with Gasteiger partial charge in [-0.3, -0.25) is 0 Å². The number of rotatable bonds is 3. The molecule has 0 spiro atoms. The lowest BCUT2D eigenvalue weighted by Gasteiger charge is -2.34. The molecule has 1 saturated carbocycles. The summed E-state index contributed by atoms with van der Waals surface area (Å²) >= 11 is 6.56. The van der Waals surface area contributed by atoms with Crippen LogP contribution in [0.4, 0.5) is 5.69 Å². The minimum Gasteiger partial charge on any atom is -0.398 e. The smallest absolute Gasteiger partial charge is 0.246 e. The number of hydrogen-bond donors (Lipinski definition) is 1. The van der Waals surface area contributed by atoms with Gasteiger partial charge in [0.1, 0.15) is 4.90 Å². The second kappa shape index (κ2) is 5.11. The minimum atomic E-state index is -3.54. The zero-order valence-corrected chi connectivity index (χ0v) is 13.8. The van der Waals surface area contributed by atoms with Crippen LogP contribution in [0, 0.1) is 0 Å². The third-order valence-electron chi connectivity index (χ3n) is 3.26. The molecular weight excluding hydrogens is 384 g/mol. The van der Waals surface area contributed by atoms with Crippen LogP contribution in [0.15, 0.2) is 26.0 Å². The fraction of sp³-hybridized carbons (Fsp3) is 0.455. The van der Waals surface area contributed by atoms with E-state index in [1.54, 1.807) is 19.2 Å². The summed E-state index contributed by atoms with van der Waals surface area (Å²) in [5.74, 6) is 0. The molecule has 1 aliphatic rings. The lowest BCUT2D eigenvalue weighted by molar-refractivity contribution is 0.249. The highest BCUT2D eigenvalue weighted by Crippen LogP contribution is 2.36. The largest absolute Gasteiger partial charge is 0.398 e. The number of nitrogens with two attached hydrogens (primary N) is 1. The SMILES string of the molecule is CN(C1CCC1)S(=O)(=O)c1c(N)cc(Br)cc1Br. The van der Waals surface area contributed by atoms with Gasteiger partial charge in [0.15, 0.2) is 0 Å². The van der Waals surface area contributed by atoms with Gasteiger partial charge >= 0.3 is 0 Å². The monoisotopic (exact) mass is 396 g/mol.